The van der Waals surface area contributed by atoms with Gasteiger partial charge in [0.05, 0.1) is 12.2 Å². The highest BCUT2D eigenvalue weighted by molar-refractivity contribution is 7.13. The van der Waals surface area contributed by atoms with E-state index >= 15 is 0 Å². The summed E-state index contributed by atoms with van der Waals surface area (Å²) >= 11 is 1.53. The highest BCUT2D eigenvalue weighted by Gasteiger charge is 2.18. The number of nitrogens with one attached hydrogen (secondary N) is 1. The van der Waals surface area contributed by atoms with Crippen molar-refractivity contribution in [2.75, 3.05) is 18.4 Å². The normalized spacial score (nSPS) is 15.5. The summed E-state index contributed by atoms with van der Waals surface area (Å²) in [6.45, 7) is 9.11. The number of carbonyl (C=O) groups is 1. The van der Waals surface area contributed by atoms with Crippen LogP contribution >= 0.6 is 11.3 Å². The van der Waals surface area contributed by atoms with Crippen molar-refractivity contribution in [2.24, 2.45) is 0 Å². The fraction of sp³-hybridized carbons (Fsp3) is 0.474. The first-order valence-corrected chi connectivity index (χ1v) is 9.42. The molecule has 0 aliphatic carbocycles. The average Bonchev–Trinajstić information content (AvgIpc) is 2.92. The Bertz CT molecular complexity index is 732. The highest BCUT2D eigenvalue weighted by Crippen LogP contribution is 2.24. The number of carbonyl (C=O) groups excluding carboxylic acids is 1. The summed E-state index contributed by atoms with van der Waals surface area (Å²) in [6.07, 6.45) is 3.87. The Labute approximate surface area is 147 Å². The van der Waals surface area contributed by atoms with Crippen molar-refractivity contribution in [1.29, 1.82) is 0 Å². The van der Waals surface area contributed by atoms with E-state index < -0.39 is 0 Å². The Kier molecular flexibility index (Phi) is 5.31. The number of aryl methyl sites for hydroxylation is 3. The average molecular weight is 343 g/mol. The van der Waals surface area contributed by atoms with E-state index in [0.717, 1.165) is 52.0 Å². The minimum Gasteiger partial charge on any atom is -0.321 e. The molecule has 128 valence electrons. The molecule has 0 unspecified atom stereocenters. The minimum absolute atomic E-state index is 0.0522. The molecule has 5 heteroatoms. The zero-order valence-electron chi connectivity index (χ0n) is 14.7. The lowest BCUT2D eigenvalue weighted by atomic mass is 10.1. The quantitative estimate of drug-likeness (QED) is 0.900. The maximum absolute atomic E-state index is 12.6. The fourth-order valence-electron chi connectivity index (χ4n) is 3.09. The van der Waals surface area contributed by atoms with Crippen LogP contribution in [0.3, 0.4) is 0 Å². The third-order valence-corrected chi connectivity index (χ3v) is 5.64. The molecule has 2 aromatic rings. The van der Waals surface area contributed by atoms with Crippen LogP contribution in [-0.2, 0) is 6.54 Å². The molecule has 1 aliphatic rings. The molecular formula is C19H25N3OS. The number of benzene rings is 1. The molecule has 0 bridgehead atoms. The molecule has 3 rings (SSSR count). The van der Waals surface area contributed by atoms with E-state index in [0.29, 0.717) is 0 Å². The molecule has 1 fully saturated rings. The smallest absolute Gasteiger partial charge is 0.267 e. The number of anilines is 1. The molecule has 1 aromatic carbocycles. The first-order valence-electron chi connectivity index (χ1n) is 8.60. The van der Waals surface area contributed by atoms with E-state index in [1.54, 1.807) is 0 Å². The third kappa shape index (κ3) is 4.02. The summed E-state index contributed by atoms with van der Waals surface area (Å²) in [6, 6.07) is 6.10. The molecular weight excluding hydrogens is 318 g/mol. The Hall–Kier alpha value is -1.72. The van der Waals surface area contributed by atoms with Crippen LogP contribution in [0.1, 0.15) is 50.8 Å². The first-order chi connectivity index (χ1) is 11.5. The number of rotatable bonds is 4. The second-order valence-corrected chi connectivity index (χ2v) is 7.72. The molecule has 1 saturated heterocycles. The van der Waals surface area contributed by atoms with E-state index in [-0.39, 0.29) is 5.91 Å². The molecule has 4 nitrogen and oxygen atoms in total. The van der Waals surface area contributed by atoms with Crippen molar-refractivity contribution >= 4 is 22.9 Å². The number of amides is 1. The van der Waals surface area contributed by atoms with Crippen LogP contribution in [0.25, 0.3) is 0 Å². The van der Waals surface area contributed by atoms with Gasteiger partial charge in [-0.05, 0) is 63.9 Å². The van der Waals surface area contributed by atoms with Gasteiger partial charge in [0, 0.05) is 5.69 Å². The summed E-state index contributed by atoms with van der Waals surface area (Å²) in [5.41, 5.74) is 3.92. The Morgan fingerprint density at radius 2 is 1.96 bits per heavy atom. The van der Waals surface area contributed by atoms with Gasteiger partial charge in [-0.1, -0.05) is 18.6 Å². The van der Waals surface area contributed by atoms with Crippen molar-refractivity contribution in [3.05, 3.63) is 44.9 Å². The van der Waals surface area contributed by atoms with Crippen LogP contribution < -0.4 is 5.32 Å². The second kappa shape index (κ2) is 7.45. The van der Waals surface area contributed by atoms with Crippen LogP contribution in [-0.4, -0.2) is 28.9 Å². The number of hydrogen-bond acceptors (Lipinski definition) is 4. The van der Waals surface area contributed by atoms with Crippen molar-refractivity contribution in [1.82, 2.24) is 9.88 Å². The summed E-state index contributed by atoms with van der Waals surface area (Å²) in [5.74, 6) is -0.0522. The molecule has 0 atom stereocenters. The Morgan fingerprint density at radius 3 is 2.71 bits per heavy atom. The van der Waals surface area contributed by atoms with Gasteiger partial charge in [0.25, 0.3) is 5.91 Å². The molecule has 24 heavy (non-hydrogen) atoms. The zero-order valence-corrected chi connectivity index (χ0v) is 15.5. The molecule has 0 saturated carbocycles. The van der Waals surface area contributed by atoms with Gasteiger partial charge in [-0.25, -0.2) is 4.98 Å². The predicted octanol–water partition coefficient (Wildman–Crippen LogP) is 4.31. The maximum Gasteiger partial charge on any atom is 0.267 e. The number of thiazole rings is 1. The lowest BCUT2D eigenvalue weighted by Gasteiger charge is -2.25. The Balaban J connectivity index is 1.71. The molecule has 0 spiro atoms. The van der Waals surface area contributed by atoms with Crippen LogP contribution in [0.4, 0.5) is 5.69 Å². The highest BCUT2D eigenvalue weighted by atomic mass is 32.1. The van der Waals surface area contributed by atoms with E-state index in [2.05, 4.69) is 21.3 Å². The lowest BCUT2D eigenvalue weighted by Crippen LogP contribution is -2.28. The van der Waals surface area contributed by atoms with E-state index in [9.17, 15) is 4.79 Å². The predicted molar refractivity (Wildman–Crippen MR) is 99.8 cm³/mol. The number of hydrogen-bond donors (Lipinski definition) is 1. The summed E-state index contributed by atoms with van der Waals surface area (Å²) in [5, 5.41) is 4.09. The van der Waals surface area contributed by atoms with Gasteiger partial charge in [-0.2, -0.15) is 0 Å². The van der Waals surface area contributed by atoms with Gasteiger partial charge in [0.2, 0.25) is 0 Å². The molecule has 2 heterocycles. The second-order valence-electron chi connectivity index (χ2n) is 6.63. The molecule has 0 radical (unpaired) electrons. The topological polar surface area (TPSA) is 45.2 Å². The van der Waals surface area contributed by atoms with Crippen LogP contribution in [0.2, 0.25) is 0 Å². The van der Waals surface area contributed by atoms with Crippen molar-refractivity contribution in [3.63, 3.8) is 0 Å². The zero-order chi connectivity index (χ0) is 17.1. The van der Waals surface area contributed by atoms with Gasteiger partial charge in [0.1, 0.15) is 9.88 Å². The van der Waals surface area contributed by atoms with Gasteiger partial charge >= 0.3 is 0 Å². The summed E-state index contributed by atoms with van der Waals surface area (Å²) in [4.78, 5) is 20.4. The summed E-state index contributed by atoms with van der Waals surface area (Å²) < 4.78 is 0. The van der Waals surface area contributed by atoms with Crippen molar-refractivity contribution < 1.29 is 4.79 Å². The summed E-state index contributed by atoms with van der Waals surface area (Å²) in [7, 11) is 0. The molecule has 1 amide bonds. The third-order valence-electron chi connectivity index (χ3n) is 4.50. The lowest BCUT2D eigenvalue weighted by molar-refractivity contribution is 0.102. The van der Waals surface area contributed by atoms with Crippen LogP contribution in [0.15, 0.2) is 18.2 Å². The standard InChI is InChI=1S/C19H25N3OS/c1-13-7-8-14(2)16(11-13)21-19(23)18-15(3)20-17(24-18)12-22-9-5-4-6-10-22/h7-8,11H,4-6,9-10,12H2,1-3H3,(H,21,23). The van der Waals surface area contributed by atoms with Crippen LogP contribution in [0.5, 0.6) is 0 Å². The first kappa shape index (κ1) is 17.1. The number of piperidine rings is 1. The van der Waals surface area contributed by atoms with Gasteiger partial charge in [0.15, 0.2) is 0 Å². The van der Waals surface area contributed by atoms with E-state index in [4.69, 9.17) is 0 Å². The van der Waals surface area contributed by atoms with E-state index in [1.807, 2.05) is 32.9 Å². The number of likely N-dealkylation sites (tertiary alicyclic amines) is 1. The van der Waals surface area contributed by atoms with Gasteiger partial charge in [-0.15, -0.1) is 11.3 Å². The van der Waals surface area contributed by atoms with Crippen molar-refractivity contribution in [3.8, 4) is 0 Å². The SMILES string of the molecule is Cc1ccc(C)c(NC(=O)c2sc(CN3CCCCC3)nc2C)c1. The number of aromatic nitrogens is 1. The molecule has 1 N–H and O–H groups in total. The largest absolute Gasteiger partial charge is 0.321 e. The monoisotopic (exact) mass is 343 g/mol. The molecule has 1 aromatic heterocycles. The van der Waals surface area contributed by atoms with Crippen LogP contribution in [0, 0.1) is 20.8 Å². The Morgan fingerprint density at radius 1 is 1.21 bits per heavy atom. The maximum atomic E-state index is 12.6. The fourth-order valence-corrected chi connectivity index (χ4v) is 4.09. The van der Waals surface area contributed by atoms with Gasteiger partial charge in [-0.3, -0.25) is 9.69 Å². The van der Waals surface area contributed by atoms with E-state index in [1.165, 1.54) is 30.6 Å². The number of nitrogens with zero attached hydrogens (tertiary/aromatic N) is 2. The molecule has 1 aliphatic heterocycles. The van der Waals surface area contributed by atoms with Gasteiger partial charge < -0.3 is 5.32 Å². The minimum atomic E-state index is -0.0522. The van der Waals surface area contributed by atoms with Crippen molar-refractivity contribution in [2.45, 2.75) is 46.6 Å².